The van der Waals surface area contributed by atoms with Crippen LogP contribution in [0.5, 0.6) is 0 Å². The summed E-state index contributed by atoms with van der Waals surface area (Å²) < 4.78 is 5.46. The molecule has 2 rings (SSSR count). The molecule has 0 fully saturated rings. The minimum Gasteiger partial charge on any atom is -0.463 e. The van der Waals surface area contributed by atoms with Crippen LogP contribution in [0.2, 0.25) is 0 Å². The van der Waals surface area contributed by atoms with Crippen LogP contribution < -0.4 is 0 Å². The number of carbonyl (C=O) groups is 1. The van der Waals surface area contributed by atoms with Gasteiger partial charge in [0.05, 0.1) is 18.2 Å². The van der Waals surface area contributed by atoms with Crippen LogP contribution in [-0.2, 0) is 9.53 Å². The molecule has 1 aliphatic heterocycles. The molecule has 1 aliphatic rings. The van der Waals surface area contributed by atoms with Crippen molar-refractivity contribution in [1.29, 1.82) is 0 Å². The molecule has 5 nitrogen and oxygen atoms in total. The predicted molar refractivity (Wildman–Crippen MR) is 129 cm³/mol. The monoisotopic (exact) mass is 544 g/mol. The topological polar surface area (TPSA) is 53.0 Å². The van der Waals surface area contributed by atoms with Crippen LogP contribution in [0.4, 0.5) is 0 Å². The van der Waals surface area contributed by atoms with E-state index in [1.165, 1.54) is 0 Å². The molecule has 1 N–H and O–H groups in total. The summed E-state index contributed by atoms with van der Waals surface area (Å²) in [4.78, 5) is 17.1. The SMILES string of the molecule is CCOC(=O)C1=C(C)N(CCCCBr)C(O)N(CCCCBr)C1c1ccc(C)cc1. The largest absolute Gasteiger partial charge is 0.463 e. The van der Waals surface area contributed by atoms with E-state index in [2.05, 4.69) is 56.1 Å². The number of allylic oxidation sites excluding steroid dienone is 1. The lowest BCUT2D eigenvalue weighted by molar-refractivity contribution is -0.148. The molecule has 0 saturated carbocycles. The van der Waals surface area contributed by atoms with Gasteiger partial charge in [0.25, 0.3) is 0 Å². The first kappa shape index (κ1) is 25.4. The Morgan fingerprint density at radius 3 is 2.20 bits per heavy atom. The number of aryl methyl sites for hydroxylation is 1. The molecular weight excluding hydrogens is 512 g/mol. The van der Waals surface area contributed by atoms with Gasteiger partial charge in [-0.15, -0.1) is 0 Å². The van der Waals surface area contributed by atoms with E-state index in [0.29, 0.717) is 25.3 Å². The van der Waals surface area contributed by atoms with E-state index in [9.17, 15) is 9.90 Å². The van der Waals surface area contributed by atoms with Gasteiger partial charge in [-0.05, 0) is 52.0 Å². The number of nitrogens with zero attached hydrogens (tertiary/aromatic N) is 2. The highest BCUT2D eigenvalue weighted by molar-refractivity contribution is 9.09. The van der Waals surface area contributed by atoms with Gasteiger partial charge in [0.15, 0.2) is 6.35 Å². The Labute approximate surface area is 197 Å². The van der Waals surface area contributed by atoms with Crippen LogP contribution in [0, 0.1) is 6.92 Å². The van der Waals surface area contributed by atoms with Crippen molar-refractivity contribution in [3.8, 4) is 0 Å². The van der Waals surface area contributed by atoms with Crippen molar-refractivity contribution in [3.05, 3.63) is 46.7 Å². The van der Waals surface area contributed by atoms with Crippen molar-refractivity contribution in [2.45, 2.75) is 58.8 Å². The Kier molecular flexibility index (Phi) is 10.9. The second kappa shape index (κ2) is 12.8. The first-order valence-electron chi connectivity index (χ1n) is 10.7. The Balaban J connectivity index is 2.53. The molecule has 30 heavy (non-hydrogen) atoms. The molecule has 0 aliphatic carbocycles. The Bertz CT molecular complexity index is 709. The van der Waals surface area contributed by atoms with E-state index in [1.54, 1.807) is 0 Å². The number of aliphatic hydroxyl groups excluding tert-OH is 1. The second-order valence-corrected chi connectivity index (χ2v) is 9.19. The molecule has 0 radical (unpaired) electrons. The minimum atomic E-state index is -0.778. The van der Waals surface area contributed by atoms with Crippen molar-refractivity contribution >= 4 is 37.8 Å². The summed E-state index contributed by atoms with van der Waals surface area (Å²) in [6.07, 6.45) is 3.09. The van der Waals surface area contributed by atoms with E-state index in [-0.39, 0.29) is 12.0 Å². The van der Waals surface area contributed by atoms with E-state index >= 15 is 0 Å². The number of hydrogen-bond donors (Lipinski definition) is 1. The van der Waals surface area contributed by atoms with Crippen molar-refractivity contribution in [2.24, 2.45) is 0 Å². The molecule has 1 aromatic carbocycles. The van der Waals surface area contributed by atoms with E-state index in [4.69, 9.17) is 4.74 Å². The zero-order chi connectivity index (χ0) is 22.1. The van der Waals surface area contributed by atoms with Gasteiger partial charge < -0.3 is 14.7 Å². The highest BCUT2D eigenvalue weighted by Gasteiger charge is 2.42. The molecule has 1 aromatic rings. The van der Waals surface area contributed by atoms with Crippen molar-refractivity contribution in [3.63, 3.8) is 0 Å². The van der Waals surface area contributed by atoms with Crippen LogP contribution in [0.25, 0.3) is 0 Å². The van der Waals surface area contributed by atoms with E-state index < -0.39 is 6.35 Å². The molecular formula is C23H34Br2N2O3. The number of unbranched alkanes of at least 4 members (excludes halogenated alkanes) is 2. The normalized spacial score (nSPS) is 20.0. The Morgan fingerprint density at radius 2 is 1.63 bits per heavy atom. The van der Waals surface area contributed by atoms with Crippen molar-refractivity contribution in [1.82, 2.24) is 9.80 Å². The number of esters is 1. The number of rotatable bonds is 11. The van der Waals surface area contributed by atoms with Crippen LogP contribution in [-0.4, -0.2) is 57.6 Å². The maximum absolute atomic E-state index is 13.1. The molecule has 168 valence electrons. The summed E-state index contributed by atoms with van der Waals surface area (Å²) >= 11 is 6.98. The number of alkyl halides is 2. The Morgan fingerprint density at radius 1 is 1.03 bits per heavy atom. The van der Waals surface area contributed by atoms with E-state index in [0.717, 1.165) is 53.2 Å². The summed E-state index contributed by atoms with van der Waals surface area (Å²) in [5.41, 5.74) is 3.60. The molecule has 7 heteroatoms. The molecule has 0 aromatic heterocycles. The highest BCUT2D eigenvalue weighted by atomic mass is 79.9. The van der Waals surface area contributed by atoms with Gasteiger partial charge in [-0.2, -0.15) is 0 Å². The minimum absolute atomic E-state index is 0.302. The first-order chi connectivity index (χ1) is 14.5. The fourth-order valence-corrected chi connectivity index (χ4v) is 4.67. The summed E-state index contributed by atoms with van der Waals surface area (Å²) in [6.45, 7) is 7.51. The van der Waals surface area contributed by atoms with Gasteiger partial charge in [-0.25, -0.2) is 9.69 Å². The van der Waals surface area contributed by atoms with Gasteiger partial charge in [0, 0.05) is 29.4 Å². The quantitative estimate of drug-likeness (QED) is 0.238. The standard InChI is InChI=1S/C23H34Br2N2O3/c1-4-30-22(28)20-18(3)26(15-7-5-13-24)23(29)27(16-8-6-14-25)21(20)19-11-9-17(2)10-12-19/h9-12,21,23,29H,4-8,13-16H2,1-3H3. The third kappa shape index (κ3) is 6.31. The molecule has 2 atom stereocenters. The zero-order valence-corrected chi connectivity index (χ0v) is 21.4. The van der Waals surface area contributed by atoms with Crippen molar-refractivity contribution in [2.75, 3.05) is 30.4 Å². The second-order valence-electron chi connectivity index (χ2n) is 7.60. The van der Waals surface area contributed by atoms with Gasteiger partial charge in [0.1, 0.15) is 0 Å². The Hall–Kier alpha value is -0.890. The van der Waals surface area contributed by atoms with Gasteiger partial charge in [-0.3, -0.25) is 0 Å². The maximum Gasteiger partial charge on any atom is 0.337 e. The summed E-state index contributed by atoms with van der Waals surface area (Å²) in [5, 5.41) is 13.2. The van der Waals surface area contributed by atoms with Crippen LogP contribution >= 0.6 is 31.9 Å². The van der Waals surface area contributed by atoms with Crippen LogP contribution in [0.15, 0.2) is 35.5 Å². The van der Waals surface area contributed by atoms with Crippen molar-refractivity contribution < 1.29 is 14.6 Å². The summed E-state index contributed by atoms with van der Waals surface area (Å²) in [6, 6.07) is 7.88. The van der Waals surface area contributed by atoms with E-state index in [1.807, 2.05) is 30.6 Å². The molecule has 0 amide bonds. The lowest BCUT2D eigenvalue weighted by atomic mass is 9.92. The number of carbonyl (C=O) groups excluding carboxylic acids is 1. The number of benzene rings is 1. The lowest BCUT2D eigenvalue weighted by Crippen LogP contribution is -2.55. The molecule has 0 saturated heterocycles. The number of ether oxygens (including phenoxy) is 1. The molecule has 2 unspecified atom stereocenters. The summed E-state index contributed by atoms with van der Waals surface area (Å²) in [7, 11) is 0. The van der Waals surface area contributed by atoms with Gasteiger partial charge >= 0.3 is 5.97 Å². The molecule has 1 heterocycles. The highest BCUT2D eigenvalue weighted by Crippen LogP contribution is 2.39. The zero-order valence-electron chi connectivity index (χ0n) is 18.2. The van der Waals surface area contributed by atoms with Crippen LogP contribution in [0.3, 0.4) is 0 Å². The first-order valence-corrected chi connectivity index (χ1v) is 13.0. The fourth-order valence-electron chi connectivity index (χ4n) is 3.87. The lowest BCUT2D eigenvalue weighted by Gasteiger charge is -2.47. The number of aliphatic hydroxyl groups is 1. The summed E-state index contributed by atoms with van der Waals surface area (Å²) in [5.74, 6) is -0.302. The fraction of sp³-hybridized carbons (Fsp3) is 0.609. The molecule has 0 spiro atoms. The van der Waals surface area contributed by atoms with Crippen LogP contribution in [0.1, 0.15) is 56.7 Å². The predicted octanol–water partition coefficient (Wildman–Crippen LogP) is 5.12. The average Bonchev–Trinajstić information content (AvgIpc) is 2.72. The molecule has 0 bridgehead atoms. The number of halogens is 2. The average molecular weight is 546 g/mol. The van der Waals surface area contributed by atoms with Gasteiger partial charge in [-0.1, -0.05) is 61.7 Å². The van der Waals surface area contributed by atoms with Gasteiger partial charge in [0.2, 0.25) is 0 Å². The number of hydrogen-bond acceptors (Lipinski definition) is 5. The third-order valence-electron chi connectivity index (χ3n) is 5.47. The third-order valence-corrected chi connectivity index (χ3v) is 6.59. The maximum atomic E-state index is 13.1. The smallest absolute Gasteiger partial charge is 0.337 e.